The Morgan fingerprint density at radius 1 is 1.67 bits per heavy atom. The minimum Gasteiger partial charge on any atom is -0.396 e. The highest BCUT2D eigenvalue weighted by atomic mass is 16.3. The smallest absolute Gasteiger partial charge is 0.0443 e. The summed E-state index contributed by atoms with van der Waals surface area (Å²) in [5.41, 5.74) is 0. The molecular weight excluding hydrogens is 114 g/mol. The predicted octanol–water partition coefficient (Wildman–Crippen LogP) is 0.463. The van der Waals surface area contributed by atoms with Gasteiger partial charge in [-0.2, -0.15) is 0 Å². The molecule has 0 amide bonds. The van der Waals surface area contributed by atoms with Crippen molar-refractivity contribution in [1.29, 1.82) is 0 Å². The van der Waals surface area contributed by atoms with Crippen LogP contribution in [0.2, 0.25) is 0 Å². The summed E-state index contributed by atoms with van der Waals surface area (Å²) >= 11 is 0. The zero-order chi connectivity index (χ0) is 6.69. The van der Waals surface area contributed by atoms with Gasteiger partial charge in [-0.3, -0.25) is 0 Å². The van der Waals surface area contributed by atoms with Gasteiger partial charge in [-0.05, 0) is 26.3 Å². The highest BCUT2D eigenvalue weighted by molar-refractivity contribution is 4.77. The van der Waals surface area contributed by atoms with Crippen LogP contribution in [-0.4, -0.2) is 35.7 Å². The highest BCUT2D eigenvalue weighted by Crippen LogP contribution is 2.15. The lowest BCUT2D eigenvalue weighted by atomic mass is 10.1. The molecule has 1 aliphatic rings. The van der Waals surface area contributed by atoms with Crippen molar-refractivity contribution in [1.82, 2.24) is 4.90 Å². The minimum atomic E-state index is 0.337. The van der Waals surface area contributed by atoms with Crippen LogP contribution in [0.15, 0.2) is 0 Å². The zero-order valence-corrected chi connectivity index (χ0v) is 6.01. The molecule has 1 unspecified atom stereocenters. The van der Waals surface area contributed by atoms with Gasteiger partial charge in [0.05, 0.1) is 0 Å². The maximum Gasteiger partial charge on any atom is 0.0443 e. The van der Waals surface area contributed by atoms with Crippen LogP contribution in [0.3, 0.4) is 0 Å². The molecule has 1 rings (SSSR count). The second-order valence-electron chi connectivity index (χ2n) is 2.75. The quantitative estimate of drug-likeness (QED) is 0.598. The van der Waals surface area contributed by atoms with Crippen LogP contribution in [0.5, 0.6) is 0 Å². The molecule has 1 atom stereocenters. The fourth-order valence-corrected chi connectivity index (χ4v) is 1.18. The number of hydrogen-bond donors (Lipinski definition) is 1. The van der Waals surface area contributed by atoms with E-state index in [4.69, 9.17) is 5.11 Å². The topological polar surface area (TPSA) is 23.5 Å². The molecule has 9 heavy (non-hydrogen) atoms. The summed E-state index contributed by atoms with van der Waals surface area (Å²) in [6.07, 6.45) is 2.27. The Morgan fingerprint density at radius 2 is 2.44 bits per heavy atom. The summed E-state index contributed by atoms with van der Waals surface area (Å²) in [4.78, 5) is 2.40. The number of aliphatic hydroxyl groups is 1. The molecule has 0 spiro atoms. The monoisotopic (exact) mass is 129 g/mol. The van der Waals surface area contributed by atoms with Crippen LogP contribution in [0.4, 0.5) is 0 Å². The normalized spacial score (nSPS) is 28.0. The van der Waals surface area contributed by atoms with Crippen molar-refractivity contribution in [2.24, 2.45) is 0 Å². The first-order chi connectivity index (χ1) is 4.34. The molecule has 1 saturated heterocycles. The average Bonchev–Trinajstić information content (AvgIpc) is 1.86. The Kier molecular flexibility index (Phi) is 2.49. The van der Waals surface area contributed by atoms with E-state index in [1.807, 2.05) is 0 Å². The second kappa shape index (κ2) is 3.18. The third-order valence-corrected chi connectivity index (χ3v) is 2.06. The van der Waals surface area contributed by atoms with Crippen molar-refractivity contribution >= 4 is 0 Å². The fourth-order valence-electron chi connectivity index (χ4n) is 1.18. The van der Waals surface area contributed by atoms with Gasteiger partial charge >= 0.3 is 0 Å². The lowest BCUT2D eigenvalue weighted by Gasteiger charge is -2.38. The van der Waals surface area contributed by atoms with Gasteiger partial charge in [-0.15, -0.1) is 0 Å². The van der Waals surface area contributed by atoms with E-state index in [-0.39, 0.29) is 0 Å². The van der Waals surface area contributed by atoms with Crippen molar-refractivity contribution in [2.75, 3.05) is 19.7 Å². The van der Waals surface area contributed by atoms with Crippen molar-refractivity contribution in [2.45, 2.75) is 25.8 Å². The van der Waals surface area contributed by atoms with E-state index in [0.717, 1.165) is 19.0 Å². The number of nitrogens with zero attached hydrogens (tertiary/aromatic N) is 1. The summed E-state index contributed by atoms with van der Waals surface area (Å²) in [5, 5.41) is 8.49. The molecule has 0 aromatic rings. The van der Waals surface area contributed by atoms with E-state index in [1.54, 1.807) is 0 Å². The van der Waals surface area contributed by atoms with Gasteiger partial charge < -0.3 is 10.0 Å². The molecule has 1 N–H and O–H groups in total. The SMILES string of the molecule is CC1CCN1CCCO. The fraction of sp³-hybridized carbons (Fsp3) is 1.00. The van der Waals surface area contributed by atoms with Crippen LogP contribution in [0, 0.1) is 0 Å². The third kappa shape index (κ3) is 1.66. The molecule has 1 fully saturated rings. The first kappa shape index (κ1) is 7.03. The first-order valence-electron chi connectivity index (χ1n) is 3.69. The maximum atomic E-state index is 8.49. The molecule has 0 saturated carbocycles. The number of aliphatic hydroxyl groups excluding tert-OH is 1. The molecule has 0 aliphatic carbocycles. The molecule has 1 aliphatic heterocycles. The molecule has 1 heterocycles. The van der Waals surface area contributed by atoms with Gasteiger partial charge in [0.15, 0.2) is 0 Å². The summed E-state index contributed by atoms with van der Waals surface area (Å²) in [6.45, 7) is 4.89. The lowest BCUT2D eigenvalue weighted by molar-refractivity contribution is 0.0949. The van der Waals surface area contributed by atoms with Crippen LogP contribution >= 0.6 is 0 Å². The molecule has 2 heteroatoms. The van der Waals surface area contributed by atoms with E-state index in [9.17, 15) is 0 Å². The summed E-state index contributed by atoms with van der Waals surface area (Å²) in [5.74, 6) is 0. The average molecular weight is 129 g/mol. The second-order valence-corrected chi connectivity index (χ2v) is 2.75. The maximum absolute atomic E-state index is 8.49. The summed E-state index contributed by atoms with van der Waals surface area (Å²) in [7, 11) is 0. The van der Waals surface area contributed by atoms with Gasteiger partial charge in [0.1, 0.15) is 0 Å². The van der Waals surface area contributed by atoms with Crippen LogP contribution < -0.4 is 0 Å². The number of hydrogen-bond acceptors (Lipinski definition) is 2. The number of likely N-dealkylation sites (tertiary alicyclic amines) is 1. The minimum absolute atomic E-state index is 0.337. The van der Waals surface area contributed by atoms with E-state index in [1.165, 1.54) is 13.0 Å². The Balaban J connectivity index is 1.99. The van der Waals surface area contributed by atoms with E-state index < -0.39 is 0 Å². The Hall–Kier alpha value is -0.0800. The Morgan fingerprint density at radius 3 is 2.78 bits per heavy atom. The van der Waals surface area contributed by atoms with Crippen molar-refractivity contribution in [3.05, 3.63) is 0 Å². The van der Waals surface area contributed by atoms with Gasteiger partial charge in [0.25, 0.3) is 0 Å². The molecule has 0 radical (unpaired) electrons. The first-order valence-corrected chi connectivity index (χ1v) is 3.69. The zero-order valence-electron chi connectivity index (χ0n) is 6.01. The predicted molar refractivity (Wildman–Crippen MR) is 37.4 cm³/mol. The molecule has 0 aromatic carbocycles. The van der Waals surface area contributed by atoms with Crippen molar-refractivity contribution < 1.29 is 5.11 Å². The van der Waals surface area contributed by atoms with Gasteiger partial charge in [-0.25, -0.2) is 0 Å². The standard InChI is InChI=1S/C7H15NO/c1-7-3-5-8(7)4-2-6-9/h7,9H,2-6H2,1H3. The largest absolute Gasteiger partial charge is 0.396 e. The van der Waals surface area contributed by atoms with Gasteiger partial charge in [0, 0.05) is 19.2 Å². The van der Waals surface area contributed by atoms with Crippen LogP contribution in [0.1, 0.15) is 19.8 Å². The van der Waals surface area contributed by atoms with Crippen LogP contribution in [-0.2, 0) is 0 Å². The lowest BCUT2D eigenvalue weighted by Crippen LogP contribution is -2.46. The molecule has 2 nitrogen and oxygen atoms in total. The third-order valence-electron chi connectivity index (χ3n) is 2.06. The van der Waals surface area contributed by atoms with Gasteiger partial charge in [0.2, 0.25) is 0 Å². The summed E-state index contributed by atoms with van der Waals surface area (Å²) in [6, 6.07) is 0.775. The molecule has 54 valence electrons. The Labute approximate surface area is 56.5 Å². The van der Waals surface area contributed by atoms with Crippen molar-refractivity contribution in [3.63, 3.8) is 0 Å². The van der Waals surface area contributed by atoms with Gasteiger partial charge in [-0.1, -0.05) is 0 Å². The molecular formula is C7H15NO. The molecule has 0 aromatic heterocycles. The van der Waals surface area contributed by atoms with E-state index in [2.05, 4.69) is 11.8 Å². The highest BCUT2D eigenvalue weighted by Gasteiger charge is 2.21. The molecule has 0 bridgehead atoms. The van der Waals surface area contributed by atoms with Crippen molar-refractivity contribution in [3.8, 4) is 0 Å². The van der Waals surface area contributed by atoms with E-state index >= 15 is 0 Å². The number of rotatable bonds is 3. The van der Waals surface area contributed by atoms with E-state index in [0.29, 0.717) is 6.61 Å². The van der Waals surface area contributed by atoms with Crippen LogP contribution in [0.25, 0.3) is 0 Å². The summed E-state index contributed by atoms with van der Waals surface area (Å²) < 4.78 is 0. The Bertz CT molecular complexity index is 85.0.